The van der Waals surface area contributed by atoms with Gasteiger partial charge in [-0.2, -0.15) is 0 Å². The van der Waals surface area contributed by atoms with E-state index in [1.807, 2.05) is 0 Å². The van der Waals surface area contributed by atoms with Gasteiger partial charge in [0, 0.05) is 5.02 Å². The van der Waals surface area contributed by atoms with Crippen LogP contribution < -0.4 is 0 Å². The Morgan fingerprint density at radius 3 is 2.57 bits per heavy atom. The number of fused-ring (bicyclic) bond motifs is 1. The van der Waals surface area contributed by atoms with E-state index < -0.39 is 10.0 Å². The van der Waals surface area contributed by atoms with Gasteiger partial charge in [-0.25, -0.2) is 17.4 Å². The van der Waals surface area contributed by atoms with Crippen LogP contribution in [-0.4, -0.2) is 17.4 Å². The van der Waals surface area contributed by atoms with E-state index >= 15 is 0 Å². The molecule has 2 aromatic carbocycles. The maximum Gasteiger partial charge on any atom is 0.270 e. The molecule has 4 nitrogen and oxygen atoms in total. The van der Waals surface area contributed by atoms with E-state index in [1.165, 1.54) is 18.5 Å². The van der Waals surface area contributed by atoms with Crippen LogP contribution >= 0.6 is 23.2 Å². The van der Waals surface area contributed by atoms with Crippen LogP contribution in [-0.2, 0) is 10.0 Å². The molecule has 0 fully saturated rings. The highest BCUT2D eigenvalue weighted by Gasteiger charge is 2.24. The lowest BCUT2D eigenvalue weighted by atomic mass is 10.2. The van der Waals surface area contributed by atoms with Crippen molar-refractivity contribution in [3.63, 3.8) is 0 Å². The number of rotatable bonds is 2. The van der Waals surface area contributed by atoms with Crippen molar-refractivity contribution in [2.45, 2.75) is 11.8 Å². The molecule has 0 aliphatic carbocycles. The van der Waals surface area contributed by atoms with Gasteiger partial charge in [0.25, 0.3) is 10.0 Å². The molecule has 21 heavy (non-hydrogen) atoms. The second-order valence-corrected chi connectivity index (χ2v) is 7.09. The highest BCUT2D eigenvalue weighted by atomic mass is 35.5. The van der Waals surface area contributed by atoms with Crippen molar-refractivity contribution in [3.8, 4) is 0 Å². The summed E-state index contributed by atoms with van der Waals surface area (Å²) < 4.78 is 26.7. The van der Waals surface area contributed by atoms with E-state index in [2.05, 4.69) is 4.98 Å². The number of halogens is 2. The van der Waals surface area contributed by atoms with Gasteiger partial charge in [0.05, 0.1) is 16.1 Å². The number of aromatic nitrogens is 2. The zero-order valence-corrected chi connectivity index (χ0v) is 13.2. The molecular weight excluding hydrogens is 331 g/mol. The fraction of sp³-hybridized carbons (Fsp3) is 0.0714. The molecule has 0 amide bonds. The van der Waals surface area contributed by atoms with Crippen molar-refractivity contribution in [2.75, 3.05) is 0 Å². The smallest absolute Gasteiger partial charge is 0.236 e. The van der Waals surface area contributed by atoms with E-state index in [0.29, 0.717) is 21.6 Å². The Morgan fingerprint density at radius 2 is 1.81 bits per heavy atom. The van der Waals surface area contributed by atoms with Crippen LogP contribution in [0.3, 0.4) is 0 Å². The number of imidazole rings is 1. The Bertz CT molecular complexity index is 949. The minimum Gasteiger partial charge on any atom is -0.236 e. The number of nitrogens with zero attached hydrogens (tertiary/aromatic N) is 2. The third-order valence-electron chi connectivity index (χ3n) is 3.24. The van der Waals surface area contributed by atoms with Crippen LogP contribution in [0.2, 0.25) is 10.0 Å². The van der Waals surface area contributed by atoms with Crippen molar-refractivity contribution in [3.05, 3.63) is 58.3 Å². The highest BCUT2D eigenvalue weighted by Crippen LogP contribution is 2.32. The first-order chi connectivity index (χ1) is 9.93. The molecule has 0 saturated heterocycles. The number of para-hydroxylation sites is 2. The van der Waals surface area contributed by atoms with E-state index in [9.17, 15) is 8.42 Å². The Morgan fingerprint density at radius 1 is 1.10 bits per heavy atom. The van der Waals surface area contributed by atoms with Crippen LogP contribution in [0.5, 0.6) is 0 Å². The second kappa shape index (κ2) is 5.02. The van der Waals surface area contributed by atoms with E-state index in [0.717, 1.165) is 3.97 Å². The molecule has 0 aliphatic rings. The zero-order valence-electron chi connectivity index (χ0n) is 10.9. The van der Waals surface area contributed by atoms with E-state index in [-0.39, 0.29) is 9.92 Å². The minimum absolute atomic E-state index is 0.00854. The van der Waals surface area contributed by atoms with Crippen LogP contribution in [0.25, 0.3) is 11.0 Å². The molecule has 3 aromatic rings. The third-order valence-corrected chi connectivity index (χ3v) is 5.96. The topological polar surface area (TPSA) is 52.0 Å². The summed E-state index contributed by atoms with van der Waals surface area (Å²) in [5.41, 5.74) is 1.63. The number of benzene rings is 2. The lowest BCUT2D eigenvalue weighted by Gasteiger charge is -2.10. The quantitative estimate of drug-likeness (QED) is 0.711. The van der Waals surface area contributed by atoms with Gasteiger partial charge in [0.1, 0.15) is 11.2 Å². The largest absolute Gasteiger partial charge is 0.270 e. The molecule has 0 saturated carbocycles. The monoisotopic (exact) mass is 340 g/mol. The molecule has 1 aromatic heterocycles. The Labute approximate surface area is 132 Å². The second-order valence-electron chi connectivity index (χ2n) is 4.52. The molecule has 7 heteroatoms. The standard InChI is InChI=1S/C14H10Cl2N2O2S/c1-9-10(15)6-7-13(14(9)16)21(19,20)18-8-17-11-4-2-3-5-12(11)18/h2-8H,1H3. The number of hydrogen-bond acceptors (Lipinski definition) is 3. The van der Waals surface area contributed by atoms with Gasteiger partial charge in [-0.3, -0.25) is 0 Å². The van der Waals surface area contributed by atoms with Gasteiger partial charge in [-0.15, -0.1) is 0 Å². The Hall–Kier alpha value is -1.56. The van der Waals surface area contributed by atoms with Crippen LogP contribution in [0, 0.1) is 6.92 Å². The summed E-state index contributed by atoms with van der Waals surface area (Å²) in [7, 11) is -3.83. The maximum absolute atomic E-state index is 12.8. The summed E-state index contributed by atoms with van der Waals surface area (Å²) in [6.45, 7) is 1.68. The van der Waals surface area contributed by atoms with Crippen molar-refractivity contribution in [1.82, 2.24) is 8.96 Å². The maximum atomic E-state index is 12.8. The fourth-order valence-corrected chi connectivity index (χ4v) is 4.15. The van der Waals surface area contributed by atoms with Gasteiger partial charge in [-0.05, 0) is 36.8 Å². The molecule has 0 radical (unpaired) electrons. The lowest BCUT2D eigenvalue weighted by Crippen LogP contribution is -2.12. The summed E-state index contributed by atoms with van der Waals surface area (Å²) in [5.74, 6) is 0. The molecule has 0 aliphatic heterocycles. The molecule has 0 bridgehead atoms. The minimum atomic E-state index is -3.83. The highest BCUT2D eigenvalue weighted by molar-refractivity contribution is 7.90. The number of hydrogen-bond donors (Lipinski definition) is 0. The average molecular weight is 341 g/mol. The molecule has 108 valence electrons. The molecule has 0 atom stereocenters. The molecule has 0 unspecified atom stereocenters. The van der Waals surface area contributed by atoms with Gasteiger partial charge in [-0.1, -0.05) is 35.3 Å². The van der Waals surface area contributed by atoms with Crippen molar-refractivity contribution < 1.29 is 8.42 Å². The van der Waals surface area contributed by atoms with Gasteiger partial charge in [0.2, 0.25) is 0 Å². The van der Waals surface area contributed by atoms with Gasteiger partial charge >= 0.3 is 0 Å². The van der Waals surface area contributed by atoms with Gasteiger partial charge in [0.15, 0.2) is 0 Å². The Kier molecular flexibility index (Phi) is 3.43. The van der Waals surface area contributed by atoms with Gasteiger partial charge < -0.3 is 0 Å². The van der Waals surface area contributed by atoms with Crippen LogP contribution in [0.15, 0.2) is 47.6 Å². The zero-order chi connectivity index (χ0) is 15.2. The van der Waals surface area contributed by atoms with Crippen molar-refractivity contribution in [1.29, 1.82) is 0 Å². The predicted octanol–water partition coefficient (Wildman–Crippen LogP) is 3.89. The van der Waals surface area contributed by atoms with Crippen molar-refractivity contribution >= 4 is 44.3 Å². The first-order valence-corrected chi connectivity index (χ1v) is 8.25. The molecule has 0 N–H and O–H groups in total. The average Bonchev–Trinajstić information content (AvgIpc) is 2.89. The molecule has 3 rings (SSSR count). The lowest BCUT2D eigenvalue weighted by molar-refractivity contribution is 0.588. The van der Waals surface area contributed by atoms with Crippen LogP contribution in [0.1, 0.15) is 5.56 Å². The predicted molar refractivity (Wildman–Crippen MR) is 83.5 cm³/mol. The molecule has 1 heterocycles. The van der Waals surface area contributed by atoms with Crippen molar-refractivity contribution in [2.24, 2.45) is 0 Å². The third kappa shape index (κ3) is 2.21. The summed E-state index contributed by atoms with van der Waals surface area (Å²) >= 11 is 12.1. The SMILES string of the molecule is Cc1c(Cl)ccc(S(=O)(=O)n2cnc3ccccc32)c1Cl. The van der Waals surface area contributed by atoms with Crippen LogP contribution in [0.4, 0.5) is 0 Å². The normalized spacial score (nSPS) is 12.0. The first-order valence-electron chi connectivity index (χ1n) is 6.05. The summed E-state index contributed by atoms with van der Waals surface area (Å²) in [6, 6.07) is 9.92. The summed E-state index contributed by atoms with van der Waals surface area (Å²) in [5, 5.41) is 0.551. The van der Waals surface area contributed by atoms with E-state index in [4.69, 9.17) is 23.2 Å². The fourth-order valence-electron chi connectivity index (χ4n) is 2.07. The molecule has 0 spiro atoms. The Balaban J connectivity index is 2.29. The van der Waals surface area contributed by atoms with E-state index in [1.54, 1.807) is 31.2 Å². The first kappa shape index (κ1) is 14.4. The summed E-state index contributed by atoms with van der Waals surface area (Å²) in [6.07, 6.45) is 1.28. The summed E-state index contributed by atoms with van der Waals surface area (Å²) in [4.78, 5) is 4.10. The molecular formula is C14H10Cl2N2O2S.